The molecular formula is C11H16N2O10. The first-order valence-corrected chi connectivity index (χ1v) is 6.03. The van der Waals surface area contributed by atoms with Crippen LogP contribution in [-0.4, -0.2) is 69.1 Å². The van der Waals surface area contributed by atoms with E-state index in [2.05, 4.69) is 9.68 Å². The van der Waals surface area contributed by atoms with E-state index in [0.29, 0.717) is 0 Å². The first-order valence-electron chi connectivity index (χ1n) is 6.03. The lowest BCUT2D eigenvalue weighted by atomic mass is 10.2. The fourth-order valence-corrected chi connectivity index (χ4v) is 1.45. The van der Waals surface area contributed by atoms with Crippen LogP contribution in [0.25, 0.3) is 0 Å². The predicted molar refractivity (Wildman–Crippen MR) is 66.6 cm³/mol. The molecule has 12 heteroatoms. The summed E-state index contributed by atoms with van der Waals surface area (Å²) in [7, 11) is 1.30. The molecule has 0 aliphatic rings. The quantitative estimate of drug-likeness (QED) is 0.302. The number of aromatic hydroxyl groups is 1. The van der Waals surface area contributed by atoms with E-state index in [1.807, 2.05) is 0 Å². The molecule has 5 N–H and O–H groups in total. The Hall–Kier alpha value is -2.03. The van der Waals surface area contributed by atoms with Crippen molar-refractivity contribution in [2.24, 2.45) is 0 Å². The number of esters is 1. The Bertz CT molecular complexity index is 510. The summed E-state index contributed by atoms with van der Waals surface area (Å²) >= 11 is 0. The van der Waals surface area contributed by atoms with E-state index in [9.17, 15) is 9.90 Å². The monoisotopic (exact) mass is 336 g/mol. The van der Waals surface area contributed by atoms with Crippen LogP contribution in [0.1, 0.15) is 10.4 Å². The third-order valence-corrected chi connectivity index (χ3v) is 2.43. The Balaban J connectivity index is 2.63. The fourth-order valence-electron chi connectivity index (χ4n) is 1.45. The highest BCUT2D eigenvalue weighted by molar-refractivity contribution is 5.90. The summed E-state index contributed by atoms with van der Waals surface area (Å²) in [6.07, 6.45) is -1.27. The molecule has 1 atom stereocenters. The van der Waals surface area contributed by atoms with E-state index < -0.39 is 36.1 Å². The van der Waals surface area contributed by atoms with Gasteiger partial charge in [0.25, 0.3) is 0 Å². The molecule has 0 saturated carbocycles. The minimum atomic E-state index is -1.27. The molecule has 0 aliphatic carbocycles. The number of methoxy groups -OCH3 is 1. The third kappa shape index (κ3) is 6.72. The maximum atomic E-state index is 11.8. The summed E-state index contributed by atoms with van der Waals surface area (Å²) in [6, 6.07) is 3.74. The highest BCUT2D eigenvalue weighted by Gasteiger charge is 2.19. The van der Waals surface area contributed by atoms with Crippen LogP contribution < -0.4 is 4.74 Å². The summed E-state index contributed by atoms with van der Waals surface area (Å²) in [5, 5.41) is 42.1. The smallest absolute Gasteiger partial charge is 0.338 e. The number of ether oxygens (including phenoxy) is 2. The van der Waals surface area contributed by atoms with Gasteiger partial charge in [0.2, 0.25) is 0 Å². The number of carbonyl (C=O) groups is 1. The average Bonchev–Trinajstić information content (AvgIpc) is 2.49. The van der Waals surface area contributed by atoms with E-state index in [1.165, 1.54) is 25.3 Å². The van der Waals surface area contributed by atoms with E-state index in [0.717, 1.165) is 0 Å². The van der Waals surface area contributed by atoms with Crippen LogP contribution in [0.3, 0.4) is 0 Å². The van der Waals surface area contributed by atoms with Crippen molar-refractivity contribution in [3.8, 4) is 11.5 Å². The molecule has 0 radical (unpaired) electrons. The zero-order valence-electron chi connectivity index (χ0n) is 11.9. The molecule has 0 amide bonds. The number of carbonyl (C=O) groups excluding carboxylic acids is 1. The molecule has 12 nitrogen and oxygen atoms in total. The number of nitrogens with zero attached hydrogens (tertiary/aromatic N) is 2. The van der Waals surface area contributed by atoms with Crippen LogP contribution in [0.15, 0.2) is 18.2 Å². The van der Waals surface area contributed by atoms with Gasteiger partial charge in [-0.1, -0.05) is 0 Å². The second kappa shape index (κ2) is 9.19. The van der Waals surface area contributed by atoms with Gasteiger partial charge in [0.1, 0.15) is 19.3 Å². The van der Waals surface area contributed by atoms with Crippen LogP contribution in [0.4, 0.5) is 0 Å². The Morgan fingerprint density at radius 1 is 1.17 bits per heavy atom. The van der Waals surface area contributed by atoms with Gasteiger partial charge in [0.15, 0.2) is 11.5 Å². The average molecular weight is 336 g/mol. The lowest BCUT2D eigenvalue weighted by Gasteiger charge is -2.19. The van der Waals surface area contributed by atoms with Gasteiger partial charge in [-0.2, -0.15) is 0 Å². The largest absolute Gasteiger partial charge is 0.504 e. The van der Waals surface area contributed by atoms with Crippen molar-refractivity contribution >= 4 is 5.97 Å². The summed E-state index contributed by atoms with van der Waals surface area (Å²) in [5.74, 6) is -0.936. The molecule has 0 heterocycles. The summed E-state index contributed by atoms with van der Waals surface area (Å²) in [6.45, 7) is -1.11. The fraction of sp³-hybridized carbons (Fsp3) is 0.364. The van der Waals surface area contributed by atoms with Gasteiger partial charge in [0.05, 0.1) is 23.5 Å². The van der Waals surface area contributed by atoms with Gasteiger partial charge >= 0.3 is 5.97 Å². The summed E-state index contributed by atoms with van der Waals surface area (Å²) < 4.78 is 9.69. The van der Waals surface area contributed by atoms with Gasteiger partial charge in [-0.25, -0.2) is 14.5 Å². The van der Waals surface area contributed by atoms with Crippen molar-refractivity contribution in [2.75, 3.05) is 20.3 Å². The summed E-state index contributed by atoms with van der Waals surface area (Å²) in [5.41, 5.74) is 0.0510. The topological polar surface area (TPSA) is 162 Å². The molecule has 0 aromatic heterocycles. The SMILES string of the molecule is COc1cc(C(=O)OCC(CON(O)O)ON(O)O)ccc1O. The predicted octanol–water partition coefficient (Wildman–Crippen LogP) is -0.0498. The van der Waals surface area contributed by atoms with Gasteiger partial charge < -0.3 is 14.6 Å². The van der Waals surface area contributed by atoms with Crippen molar-refractivity contribution in [1.82, 2.24) is 10.8 Å². The zero-order chi connectivity index (χ0) is 17.4. The number of phenolic OH excluding ortho intramolecular Hbond substituents is 1. The number of rotatable bonds is 9. The van der Waals surface area contributed by atoms with E-state index in [1.54, 1.807) is 0 Å². The zero-order valence-corrected chi connectivity index (χ0v) is 11.9. The van der Waals surface area contributed by atoms with Gasteiger partial charge in [0, 0.05) is 0 Å². The van der Waals surface area contributed by atoms with Crippen molar-refractivity contribution in [3.05, 3.63) is 23.8 Å². The van der Waals surface area contributed by atoms with Gasteiger partial charge in [-0.05, 0) is 18.2 Å². The number of benzene rings is 1. The maximum Gasteiger partial charge on any atom is 0.338 e. The highest BCUT2D eigenvalue weighted by atomic mass is 17.1. The molecule has 0 spiro atoms. The molecular weight excluding hydrogens is 320 g/mol. The Morgan fingerprint density at radius 3 is 2.43 bits per heavy atom. The molecule has 0 aliphatic heterocycles. The Morgan fingerprint density at radius 2 is 1.87 bits per heavy atom. The summed E-state index contributed by atoms with van der Waals surface area (Å²) in [4.78, 5) is 20.4. The van der Waals surface area contributed by atoms with E-state index in [4.69, 9.17) is 30.3 Å². The Kier molecular flexibility index (Phi) is 7.60. The van der Waals surface area contributed by atoms with Crippen LogP contribution in [0.2, 0.25) is 0 Å². The molecule has 0 bridgehead atoms. The van der Waals surface area contributed by atoms with Crippen molar-refractivity contribution in [2.45, 2.75) is 6.10 Å². The number of phenols is 1. The minimum absolute atomic E-state index is 0.0510. The second-order valence-corrected chi connectivity index (χ2v) is 4.01. The van der Waals surface area contributed by atoms with Crippen LogP contribution in [-0.2, 0) is 14.4 Å². The van der Waals surface area contributed by atoms with Crippen molar-refractivity contribution in [3.63, 3.8) is 0 Å². The molecule has 23 heavy (non-hydrogen) atoms. The lowest BCUT2D eigenvalue weighted by Crippen LogP contribution is -2.35. The van der Waals surface area contributed by atoms with Crippen LogP contribution in [0, 0.1) is 0 Å². The first kappa shape index (κ1) is 19.0. The number of hydrogen-bond acceptors (Lipinski definition) is 12. The van der Waals surface area contributed by atoms with Crippen LogP contribution in [0.5, 0.6) is 11.5 Å². The highest BCUT2D eigenvalue weighted by Crippen LogP contribution is 2.26. The number of hydrogen-bond donors (Lipinski definition) is 5. The van der Waals surface area contributed by atoms with Crippen LogP contribution >= 0.6 is 0 Å². The normalized spacial score (nSPS) is 12.5. The van der Waals surface area contributed by atoms with E-state index >= 15 is 0 Å². The van der Waals surface area contributed by atoms with Gasteiger partial charge in [-0.3, -0.25) is 20.8 Å². The molecule has 1 rings (SSSR count). The molecule has 1 aromatic rings. The lowest BCUT2D eigenvalue weighted by molar-refractivity contribution is -0.527. The minimum Gasteiger partial charge on any atom is -0.504 e. The third-order valence-electron chi connectivity index (χ3n) is 2.43. The molecule has 1 unspecified atom stereocenters. The van der Waals surface area contributed by atoms with Crippen molar-refractivity contribution in [1.29, 1.82) is 0 Å². The molecule has 1 aromatic carbocycles. The first-order chi connectivity index (χ1) is 10.8. The second-order valence-electron chi connectivity index (χ2n) is 4.01. The van der Waals surface area contributed by atoms with Crippen molar-refractivity contribution < 1.29 is 49.9 Å². The van der Waals surface area contributed by atoms with Gasteiger partial charge in [-0.15, -0.1) is 0 Å². The molecule has 0 saturated heterocycles. The molecule has 130 valence electrons. The molecule has 0 fully saturated rings. The Labute approximate surface area is 129 Å². The van der Waals surface area contributed by atoms with E-state index in [-0.39, 0.29) is 17.1 Å². The standard InChI is InChI=1S/C11H16N2O10/c1-20-10-4-7(2-3-9(10)14)11(15)21-5-8(23-13(18)19)6-22-12(16)17/h2-4,8,14,16-19H,5-6H2,1H3. The maximum absolute atomic E-state index is 11.8.